The number of carbonyl (C=O) groups excluding carboxylic acids is 1. The molecule has 0 aliphatic carbocycles. The number of hydrogen-bond donors (Lipinski definition) is 4. The normalized spacial score (nSPS) is 9.04. The summed E-state index contributed by atoms with van der Waals surface area (Å²) >= 11 is 0. The molecular formula is C14H14ClN7O. The molecule has 8 N–H and O–H groups in total. The molecule has 2 rings (SSSR count). The monoisotopic (exact) mass is 331 g/mol. The van der Waals surface area contributed by atoms with Crippen molar-refractivity contribution in [1.29, 1.82) is 0 Å². The van der Waals surface area contributed by atoms with Gasteiger partial charge in [0.15, 0.2) is 29.0 Å². The zero-order valence-corrected chi connectivity index (χ0v) is 12.7. The molecule has 118 valence electrons. The van der Waals surface area contributed by atoms with E-state index in [9.17, 15) is 4.79 Å². The zero-order chi connectivity index (χ0) is 16.1. The number of nitrogen functional groups attached to an aromatic ring is 2. The van der Waals surface area contributed by atoms with Crippen molar-refractivity contribution in [2.24, 2.45) is 16.5 Å². The number of hydrogen-bond acceptors (Lipinski definition) is 5. The Labute approximate surface area is 138 Å². The van der Waals surface area contributed by atoms with E-state index in [1.807, 2.05) is 30.3 Å². The Kier molecular flexibility index (Phi) is 5.88. The van der Waals surface area contributed by atoms with Crippen LogP contribution in [0.4, 0.5) is 11.6 Å². The topological polar surface area (TPSA) is 159 Å². The molecular weight excluding hydrogens is 318 g/mol. The molecule has 1 aromatic carbocycles. The van der Waals surface area contributed by atoms with Gasteiger partial charge in [-0.1, -0.05) is 24.1 Å². The molecule has 23 heavy (non-hydrogen) atoms. The lowest BCUT2D eigenvalue weighted by molar-refractivity contribution is 0.0998. The zero-order valence-electron chi connectivity index (χ0n) is 11.9. The Morgan fingerprint density at radius 3 is 2.26 bits per heavy atom. The predicted molar refractivity (Wildman–Crippen MR) is 90.7 cm³/mol. The highest BCUT2D eigenvalue weighted by atomic mass is 35.5. The van der Waals surface area contributed by atoms with Crippen LogP contribution in [-0.2, 0) is 0 Å². The van der Waals surface area contributed by atoms with E-state index in [1.54, 1.807) is 0 Å². The van der Waals surface area contributed by atoms with E-state index >= 15 is 0 Å². The first-order valence-corrected chi connectivity index (χ1v) is 6.11. The summed E-state index contributed by atoms with van der Waals surface area (Å²) in [6, 6.07) is 9.19. The molecule has 0 unspecified atom stereocenters. The highest BCUT2D eigenvalue weighted by Gasteiger charge is 2.15. The van der Waals surface area contributed by atoms with Crippen molar-refractivity contribution < 1.29 is 4.79 Å². The van der Waals surface area contributed by atoms with Gasteiger partial charge < -0.3 is 22.9 Å². The summed E-state index contributed by atoms with van der Waals surface area (Å²) in [6.07, 6.45) is 0. The quantitative estimate of drug-likeness (QED) is 0.322. The van der Waals surface area contributed by atoms with Gasteiger partial charge in [-0.2, -0.15) is 4.99 Å². The van der Waals surface area contributed by atoms with Crippen LogP contribution in [0.5, 0.6) is 0 Å². The van der Waals surface area contributed by atoms with Crippen molar-refractivity contribution in [2.45, 2.75) is 0 Å². The maximum atomic E-state index is 11.8. The van der Waals surface area contributed by atoms with Crippen molar-refractivity contribution in [3.05, 3.63) is 47.3 Å². The first-order valence-electron chi connectivity index (χ1n) is 6.11. The third kappa shape index (κ3) is 4.59. The predicted octanol–water partition coefficient (Wildman–Crippen LogP) is -0.124. The molecule has 0 fully saturated rings. The molecule has 9 heteroatoms. The molecule has 0 radical (unpaired) electrons. The molecule has 1 amide bonds. The van der Waals surface area contributed by atoms with Crippen molar-refractivity contribution >= 4 is 35.9 Å². The maximum absolute atomic E-state index is 11.8. The van der Waals surface area contributed by atoms with Gasteiger partial charge in [0.05, 0.1) is 0 Å². The first-order chi connectivity index (χ1) is 10.5. The second-order valence-corrected chi connectivity index (χ2v) is 4.15. The van der Waals surface area contributed by atoms with Crippen LogP contribution < -0.4 is 22.9 Å². The van der Waals surface area contributed by atoms with Gasteiger partial charge in [-0.15, -0.1) is 12.4 Å². The minimum atomic E-state index is -0.812. The number of rotatable bonds is 1. The summed E-state index contributed by atoms with van der Waals surface area (Å²) in [5.74, 6) is 4.23. The number of aliphatic imine (C=N–C) groups is 1. The number of halogens is 1. The van der Waals surface area contributed by atoms with Crippen LogP contribution in [0.25, 0.3) is 0 Å². The van der Waals surface area contributed by atoms with E-state index in [0.717, 1.165) is 5.56 Å². The van der Waals surface area contributed by atoms with Gasteiger partial charge in [0.25, 0.3) is 0 Å². The van der Waals surface area contributed by atoms with Gasteiger partial charge in [0, 0.05) is 5.56 Å². The number of nitrogens with two attached hydrogens (primary N) is 4. The fraction of sp³-hybridized carbons (Fsp3) is 0. The Hall–Kier alpha value is -3.31. The number of amides is 1. The van der Waals surface area contributed by atoms with Gasteiger partial charge in [0.1, 0.15) is 0 Å². The Morgan fingerprint density at radius 2 is 1.65 bits per heavy atom. The minimum Gasteiger partial charge on any atom is -0.382 e. The molecule has 0 spiro atoms. The molecule has 0 bridgehead atoms. The molecule has 1 aromatic heterocycles. The van der Waals surface area contributed by atoms with Gasteiger partial charge in [-0.25, -0.2) is 9.97 Å². The van der Waals surface area contributed by atoms with Gasteiger partial charge in [-0.05, 0) is 18.1 Å². The van der Waals surface area contributed by atoms with Gasteiger partial charge in [0.2, 0.25) is 0 Å². The first kappa shape index (κ1) is 17.7. The number of carbonyl (C=O) groups is 1. The fourth-order valence-electron chi connectivity index (χ4n) is 1.53. The van der Waals surface area contributed by atoms with Crippen LogP contribution in [-0.4, -0.2) is 21.8 Å². The largest absolute Gasteiger partial charge is 0.382 e. The second kappa shape index (κ2) is 7.63. The van der Waals surface area contributed by atoms with Crippen molar-refractivity contribution in [3.8, 4) is 11.8 Å². The molecule has 0 saturated carbocycles. The van der Waals surface area contributed by atoms with E-state index in [0.29, 0.717) is 0 Å². The van der Waals surface area contributed by atoms with Crippen LogP contribution >= 0.6 is 12.4 Å². The number of aromatic nitrogens is 2. The summed E-state index contributed by atoms with van der Waals surface area (Å²) in [6.45, 7) is 0. The van der Waals surface area contributed by atoms with Crippen molar-refractivity contribution in [2.75, 3.05) is 11.5 Å². The number of nitrogens with zero attached hydrogens (tertiary/aromatic N) is 3. The standard InChI is InChI=1S/C14H13N7O.ClH/c15-11-9(7-6-8-4-2-1-3-5-8)19-10(12(16)20-11)13(22)21-14(17)18;/h1-5H,(H4,15,16,20)(H4,17,18,21,22);1H. The lowest BCUT2D eigenvalue weighted by Crippen LogP contribution is -2.25. The van der Waals surface area contributed by atoms with Crippen LogP contribution in [0.1, 0.15) is 21.7 Å². The smallest absolute Gasteiger partial charge is 0.302 e. The third-order valence-electron chi connectivity index (χ3n) is 2.48. The minimum absolute atomic E-state index is 0. The van der Waals surface area contributed by atoms with E-state index < -0.39 is 11.9 Å². The average Bonchev–Trinajstić information content (AvgIpc) is 2.46. The molecule has 0 aliphatic heterocycles. The summed E-state index contributed by atoms with van der Waals surface area (Å²) < 4.78 is 0. The lowest BCUT2D eigenvalue weighted by Gasteiger charge is -2.03. The SMILES string of the molecule is Cl.NC(N)=NC(=O)c1nc(C#Cc2ccccc2)c(N)nc1N. The number of anilines is 2. The molecule has 1 heterocycles. The highest BCUT2D eigenvalue weighted by Crippen LogP contribution is 2.13. The van der Waals surface area contributed by atoms with Crippen LogP contribution in [0.3, 0.4) is 0 Å². The van der Waals surface area contributed by atoms with Crippen molar-refractivity contribution in [3.63, 3.8) is 0 Å². The Balaban J connectivity index is 0.00000264. The molecule has 2 aromatic rings. The summed E-state index contributed by atoms with van der Waals surface area (Å²) in [5.41, 5.74) is 22.3. The lowest BCUT2D eigenvalue weighted by atomic mass is 10.2. The summed E-state index contributed by atoms with van der Waals surface area (Å²) in [5, 5.41) is 0. The number of guanidine groups is 1. The summed E-state index contributed by atoms with van der Waals surface area (Å²) in [4.78, 5) is 23.0. The van der Waals surface area contributed by atoms with Crippen molar-refractivity contribution in [1.82, 2.24) is 9.97 Å². The van der Waals surface area contributed by atoms with Gasteiger partial charge in [-0.3, -0.25) is 4.79 Å². The van der Waals surface area contributed by atoms with Crippen LogP contribution in [0, 0.1) is 11.8 Å². The van der Waals surface area contributed by atoms with E-state index in [-0.39, 0.29) is 35.4 Å². The van der Waals surface area contributed by atoms with E-state index in [4.69, 9.17) is 22.9 Å². The molecule has 0 saturated heterocycles. The number of benzene rings is 1. The molecule has 0 aliphatic rings. The average molecular weight is 332 g/mol. The van der Waals surface area contributed by atoms with E-state index in [2.05, 4.69) is 26.8 Å². The van der Waals surface area contributed by atoms with Gasteiger partial charge >= 0.3 is 5.91 Å². The third-order valence-corrected chi connectivity index (χ3v) is 2.48. The van der Waals surface area contributed by atoms with Crippen LogP contribution in [0.15, 0.2) is 35.3 Å². The maximum Gasteiger partial charge on any atom is 0.302 e. The molecule has 8 nitrogen and oxygen atoms in total. The highest BCUT2D eigenvalue weighted by molar-refractivity contribution is 6.03. The Bertz CT molecular complexity index is 805. The summed E-state index contributed by atoms with van der Waals surface area (Å²) in [7, 11) is 0. The molecule has 0 atom stereocenters. The second-order valence-electron chi connectivity index (χ2n) is 4.15. The van der Waals surface area contributed by atoms with Crippen LogP contribution in [0.2, 0.25) is 0 Å². The fourth-order valence-corrected chi connectivity index (χ4v) is 1.53. The Morgan fingerprint density at radius 1 is 1.00 bits per heavy atom. The van der Waals surface area contributed by atoms with E-state index in [1.165, 1.54) is 0 Å².